The monoisotopic (exact) mass is 404 g/mol. The minimum absolute atomic E-state index is 0.200. The van der Waals surface area contributed by atoms with Crippen LogP contribution >= 0.6 is 11.3 Å². The van der Waals surface area contributed by atoms with Gasteiger partial charge in [-0.3, -0.25) is 4.79 Å². The predicted octanol–water partition coefficient (Wildman–Crippen LogP) is 4.00. The fourth-order valence-corrected chi connectivity index (χ4v) is 5.39. The van der Waals surface area contributed by atoms with Gasteiger partial charge in [0.15, 0.2) is 5.82 Å². The van der Waals surface area contributed by atoms with E-state index >= 15 is 0 Å². The Morgan fingerprint density at radius 1 is 1.31 bits per heavy atom. The summed E-state index contributed by atoms with van der Waals surface area (Å²) in [6, 6.07) is 10.4. The number of aromatic nitrogens is 2. The number of carbonyl (C=O) groups is 1. The van der Waals surface area contributed by atoms with Crippen molar-refractivity contribution in [3.8, 4) is 5.82 Å². The first-order valence-corrected chi connectivity index (χ1v) is 10.9. The molecule has 29 heavy (non-hydrogen) atoms. The van der Waals surface area contributed by atoms with Crippen molar-refractivity contribution in [1.82, 2.24) is 14.5 Å². The number of likely N-dealkylation sites (tertiary alicyclic amines) is 1. The third kappa shape index (κ3) is 2.90. The van der Waals surface area contributed by atoms with Gasteiger partial charge in [-0.15, -0.1) is 0 Å². The molecule has 5 heterocycles. The molecule has 3 aromatic heterocycles. The van der Waals surface area contributed by atoms with Crippen LogP contribution in [0.25, 0.3) is 5.82 Å². The molecule has 1 atom stereocenters. The highest BCUT2D eigenvalue weighted by Crippen LogP contribution is 2.47. The van der Waals surface area contributed by atoms with Crippen molar-refractivity contribution >= 4 is 22.9 Å². The second-order valence-electron chi connectivity index (χ2n) is 8.06. The molecule has 0 N–H and O–H groups in total. The fourth-order valence-electron chi connectivity index (χ4n) is 4.72. The Morgan fingerprint density at radius 3 is 3.00 bits per heavy atom. The van der Waals surface area contributed by atoms with E-state index < -0.39 is 0 Å². The number of hydrogen-bond acceptors (Lipinski definition) is 4. The number of amides is 1. The summed E-state index contributed by atoms with van der Waals surface area (Å²) < 4.78 is 2.19. The Labute approximate surface area is 174 Å². The lowest BCUT2D eigenvalue weighted by Crippen LogP contribution is -2.53. The smallest absolute Gasteiger partial charge is 0.227 e. The summed E-state index contributed by atoms with van der Waals surface area (Å²) >= 11 is 1.64. The van der Waals surface area contributed by atoms with Crippen molar-refractivity contribution in [2.45, 2.75) is 25.3 Å². The number of nitrogens with zero attached hydrogens (tertiary/aromatic N) is 4. The highest BCUT2D eigenvalue weighted by atomic mass is 32.1. The number of anilines is 1. The minimum atomic E-state index is -0.261. The summed E-state index contributed by atoms with van der Waals surface area (Å²) in [7, 11) is 0. The van der Waals surface area contributed by atoms with E-state index in [1.54, 1.807) is 11.3 Å². The maximum atomic E-state index is 13.0. The molecule has 2 aliphatic heterocycles. The molecule has 6 heteroatoms. The molecule has 3 aromatic rings. The third-order valence-electron chi connectivity index (χ3n) is 5.99. The molecule has 148 valence electrons. The van der Waals surface area contributed by atoms with E-state index in [4.69, 9.17) is 0 Å². The Hall–Kier alpha value is -2.86. The predicted molar refractivity (Wildman–Crippen MR) is 117 cm³/mol. The quantitative estimate of drug-likeness (QED) is 0.617. The molecule has 0 aliphatic carbocycles. The zero-order chi connectivity index (χ0) is 20.0. The summed E-state index contributed by atoms with van der Waals surface area (Å²) in [5.41, 5.74) is 4.24. The van der Waals surface area contributed by atoms with Crippen LogP contribution in [0.1, 0.15) is 24.6 Å². The van der Waals surface area contributed by atoms with Crippen LogP contribution in [0.5, 0.6) is 0 Å². The Bertz CT molecular complexity index is 1070. The molecule has 1 amide bonds. The molecule has 5 nitrogen and oxygen atoms in total. The summed E-state index contributed by atoms with van der Waals surface area (Å²) in [5, 5.41) is 4.09. The lowest BCUT2D eigenvalue weighted by Gasteiger charge is -2.47. The first-order valence-electron chi connectivity index (χ1n) is 9.92. The van der Waals surface area contributed by atoms with Gasteiger partial charge in [-0.2, -0.15) is 11.3 Å². The van der Waals surface area contributed by atoms with Crippen LogP contribution in [-0.4, -0.2) is 40.0 Å². The van der Waals surface area contributed by atoms with E-state index in [9.17, 15) is 4.79 Å². The molecule has 1 unspecified atom stereocenters. The van der Waals surface area contributed by atoms with Gasteiger partial charge in [0.2, 0.25) is 5.91 Å². The number of pyridine rings is 1. The topological polar surface area (TPSA) is 41.4 Å². The number of rotatable bonds is 4. The van der Waals surface area contributed by atoms with Crippen LogP contribution in [0.2, 0.25) is 0 Å². The van der Waals surface area contributed by atoms with Crippen molar-refractivity contribution in [2.75, 3.05) is 24.5 Å². The molecule has 0 saturated carbocycles. The van der Waals surface area contributed by atoms with Crippen molar-refractivity contribution in [3.05, 3.63) is 76.9 Å². The Kier molecular flexibility index (Phi) is 4.32. The minimum Gasteiger partial charge on any atom is -0.351 e. The second kappa shape index (κ2) is 6.88. The first kappa shape index (κ1) is 18.2. The molecule has 1 spiro atoms. The van der Waals surface area contributed by atoms with E-state index in [1.165, 1.54) is 5.69 Å². The van der Waals surface area contributed by atoms with Gasteiger partial charge in [-0.25, -0.2) is 4.98 Å². The maximum Gasteiger partial charge on any atom is 0.227 e. The molecule has 1 fully saturated rings. The highest BCUT2D eigenvalue weighted by molar-refractivity contribution is 7.08. The van der Waals surface area contributed by atoms with Crippen molar-refractivity contribution in [3.63, 3.8) is 0 Å². The fraction of sp³-hybridized carbons (Fsp3) is 0.304. The normalized spacial score (nSPS) is 20.0. The van der Waals surface area contributed by atoms with E-state index in [0.717, 1.165) is 42.2 Å². The number of hydrogen-bond donors (Lipinski definition) is 0. The molecule has 1 saturated heterocycles. The number of thiophene rings is 1. The van der Waals surface area contributed by atoms with E-state index in [1.807, 2.05) is 28.6 Å². The summed E-state index contributed by atoms with van der Waals surface area (Å²) in [6.45, 7) is 8.43. The maximum absolute atomic E-state index is 13.0. The Morgan fingerprint density at radius 2 is 2.21 bits per heavy atom. The van der Waals surface area contributed by atoms with Crippen molar-refractivity contribution < 1.29 is 4.79 Å². The molecule has 2 aliphatic rings. The van der Waals surface area contributed by atoms with Crippen LogP contribution in [0, 0.1) is 0 Å². The van der Waals surface area contributed by atoms with Crippen LogP contribution in [0.3, 0.4) is 0 Å². The van der Waals surface area contributed by atoms with Crippen LogP contribution in [0.15, 0.2) is 65.6 Å². The summed E-state index contributed by atoms with van der Waals surface area (Å²) in [5.74, 6) is 1.15. The standard InChI is InChI=1S/C23H24N4OS/c1-17(2)14-27-19-5-3-9-24-22(19)26-10-4-6-20(26)23(27)8-11-25(16-23)21(28)13-18-7-12-29-15-18/h3-7,9-10,12,15H,1,8,11,13-14,16H2,2H3. The third-order valence-corrected chi connectivity index (χ3v) is 6.72. The van der Waals surface area contributed by atoms with Gasteiger partial charge in [-0.1, -0.05) is 12.2 Å². The van der Waals surface area contributed by atoms with Crippen molar-refractivity contribution in [1.29, 1.82) is 0 Å². The molecule has 0 bridgehead atoms. The number of fused-ring (bicyclic) bond motifs is 4. The van der Waals surface area contributed by atoms with E-state index in [0.29, 0.717) is 13.0 Å². The Balaban J connectivity index is 1.54. The van der Waals surface area contributed by atoms with Crippen molar-refractivity contribution in [2.24, 2.45) is 0 Å². The average molecular weight is 405 g/mol. The van der Waals surface area contributed by atoms with Crippen LogP contribution in [-0.2, 0) is 16.8 Å². The molecule has 0 aromatic carbocycles. The molecular weight excluding hydrogens is 380 g/mol. The largest absolute Gasteiger partial charge is 0.351 e. The van der Waals surface area contributed by atoms with Crippen LogP contribution < -0.4 is 4.90 Å². The van der Waals surface area contributed by atoms with Gasteiger partial charge in [0.25, 0.3) is 0 Å². The van der Waals surface area contributed by atoms with E-state index in [2.05, 4.69) is 57.7 Å². The molecular formula is C23H24N4OS. The van der Waals surface area contributed by atoms with Gasteiger partial charge in [0.05, 0.1) is 17.8 Å². The summed E-state index contributed by atoms with van der Waals surface area (Å²) in [4.78, 5) is 22.2. The number of carbonyl (C=O) groups excluding carboxylic acids is 1. The second-order valence-corrected chi connectivity index (χ2v) is 8.84. The SMILES string of the molecule is C=C(C)CN1c2cccnc2-n2cccc2C12CCN(C(=O)Cc1ccsc1)C2. The highest BCUT2D eigenvalue weighted by Gasteiger charge is 2.50. The van der Waals surface area contributed by atoms with Gasteiger partial charge in [0.1, 0.15) is 5.54 Å². The lowest BCUT2D eigenvalue weighted by molar-refractivity contribution is -0.129. The van der Waals surface area contributed by atoms with Gasteiger partial charge < -0.3 is 14.4 Å². The van der Waals surface area contributed by atoms with E-state index in [-0.39, 0.29) is 11.4 Å². The van der Waals surface area contributed by atoms with Gasteiger partial charge >= 0.3 is 0 Å². The summed E-state index contributed by atoms with van der Waals surface area (Å²) in [6.07, 6.45) is 5.29. The molecule has 0 radical (unpaired) electrons. The zero-order valence-corrected chi connectivity index (χ0v) is 17.4. The zero-order valence-electron chi connectivity index (χ0n) is 16.5. The lowest BCUT2D eigenvalue weighted by atomic mass is 9.88. The first-order chi connectivity index (χ1) is 14.1. The average Bonchev–Trinajstić information content (AvgIpc) is 3.45. The van der Waals surface area contributed by atoms with Gasteiger partial charge in [0, 0.05) is 32.0 Å². The molecule has 5 rings (SSSR count). The van der Waals surface area contributed by atoms with Gasteiger partial charge in [-0.05, 0) is 60.0 Å². The van der Waals surface area contributed by atoms with Crippen LogP contribution in [0.4, 0.5) is 5.69 Å².